The topological polar surface area (TPSA) is 50.1 Å². The molecule has 0 N–H and O–H groups in total. The first-order chi connectivity index (χ1) is 8.86. The number of halogens is 4. The van der Waals surface area contributed by atoms with Crippen LogP contribution in [-0.2, 0) is 16.2 Å². The molecule has 0 amide bonds. The van der Waals surface area contributed by atoms with E-state index in [0.29, 0.717) is 0 Å². The minimum atomic E-state index is -4.58. The predicted octanol–water partition coefficient (Wildman–Crippen LogP) is 3.65. The van der Waals surface area contributed by atoms with Gasteiger partial charge in [-0.2, -0.15) is 18.4 Å². The van der Waals surface area contributed by atoms with Gasteiger partial charge in [0.05, 0.1) is 23.3 Å². The van der Waals surface area contributed by atoms with Crippen LogP contribution in [0.1, 0.15) is 34.0 Å². The number of alkyl halides is 4. The zero-order chi connectivity index (χ0) is 14.6. The molecular weight excluding hydrogens is 327 g/mol. The maximum Gasteiger partial charge on any atom is 0.416 e. The number of esters is 1. The van der Waals surface area contributed by atoms with Crippen molar-refractivity contribution in [1.29, 1.82) is 5.26 Å². The maximum atomic E-state index is 12.8. The van der Waals surface area contributed by atoms with Crippen LogP contribution in [0.25, 0.3) is 0 Å². The average molecular weight is 336 g/mol. The zero-order valence-corrected chi connectivity index (χ0v) is 11.4. The maximum absolute atomic E-state index is 12.8. The fraction of sp³-hybridized carbons (Fsp3) is 0.333. The molecule has 1 rings (SSSR count). The first-order valence-corrected chi connectivity index (χ1v) is 6.35. The number of rotatable bonds is 3. The molecule has 0 aliphatic rings. The van der Waals surface area contributed by atoms with Crippen molar-refractivity contribution in [3.63, 3.8) is 0 Å². The number of benzene rings is 1. The van der Waals surface area contributed by atoms with Crippen LogP contribution >= 0.6 is 15.9 Å². The van der Waals surface area contributed by atoms with Crippen molar-refractivity contribution < 1.29 is 22.7 Å². The second-order valence-corrected chi connectivity index (χ2v) is 4.04. The number of ether oxygens (including phenoxy) is 1. The molecule has 0 bridgehead atoms. The third-order valence-corrected chi connectivity index (χ3v) is 2.92. The van der Waals surface area contributed by atoms with Crippen molar-refractivity contribution in [2.45, 2.75) is 18.4 Å². The van der Waals surface area contributed by atoms with E-state index in [4.69, 9.17) is 10.00 Å². The SMILES string of the molecule is CCOC(=O)c1ccc(C(F)(F)F)c(CBr)c1C#N. The van der Waals surface area contributed by atoms with Crippen LogP contribution in [-0.4, -0.2) is 12.6 Å². The number of hydrogen-bond donors (Lipinski definition) is 0. The second kappa shape index (κ2) is 6.06. The molecule has 3 nitrogen and oxygen atoms in total. The summed E-state index contributed by atoms with van der Waals surface area (Å²) in [4.78, 5) is 11.6. The Bertz CT molecular complexity index is 535. The summed E-state index contributed by atoms with van der Waals surface area (Å²) in [6, 6.07) is 3.38. The lowest BCUT2D eigenvalue weighted by Crippen LogP contribution is -2.14. The van der Waals surface area contributed by atoms with Gasteiger partial charge in [0.25, 0.3) is 0 Å². The standard InChI is InChI=1S/C12H9BrF3NO2/c1-2-19-11(18)7-3-4-10(12(14,15)16)8(5-13)9(7)6-17/h3-4H,2,5H2,1H3. The summed E-state index contributed by atoms with van der Waals surface area (Å²) in [7, 11) is 0. The lowest BCUT2D eigenvalue weighted by atomic mass is 9.97. The highest BCUT2D eigenvalue weighted by atomic mass is 79.9. The van der Waals surface area contributed by atoms with Gasteiger partial charge < -0.3 is 4.74 Å². The summed E-state index contributed by atoms with van der Waals surface area (Å²) >= 11 is 2.91. The molecule has 102 valence electrons. The van der Waals surface area contributed by atoms with E-state index in [9.17, 15) is 18.0 Å². The Balaban J connectivity index is 3.49. The zero-order valence-electron chi connectivity index (χ0n) is 9.84. The van der Waals surface area contributed by atoms with Gasteiger partial charge in [0.1, 0.15) is 6.07 Å². The summed E-state index contributed by atoms with van der Waals surface area (Å²) in [6.45, 7) is 1.65. The highest BCUT2D eigenvalue weighted by Gasteiger charge is 2.35. The smallest absolute Gasteiger partial charge is 0.416 e. The number of hydrogen-bond acceptors (Lipinski definition) is 3. The van der Waals surface area contributed by atoms with Crippen LogP contribution < -0.4 is 0 Å². The van der Waals surface area contributed by atoms with Gasteiger partial charge in [-0.3, -0.25) is 0 Å². The van der Waals surface area contributed by atoms with E-state index in [1.54, 1.807) is 13.0 Å². The van der Waals surface area contributed by atoms with Gasteiger partial charge in [0, 0.05) is 5.33 Å². The first kappa shape index (κ1) is 15.5. The Morgan fingerprint density at radius 1 is 1.47 bits per heavy atom. The molecule has 0 spiro atoms. The van der Waals surface area contributed by atoms with Crippen LogP contribution in [0, 0.1) is 11.3 Å². The quantitative estimate of drug-likeness (QED) is 0.625. The molecule has 1 aromatic rings. The van der Waals surface area contributed by atoms with Gasteiger partial charge >= 0.3 is 12.1 Å². The molecule has 0 heterocycles. The van der Waals surface area contributed by atoms with Crippen LogP contribution in [0.4, 0.5) is 13.2 Å². The summed E-state index contributed by atoms with van der Waals surface area (Å²) in [5.41, 5.74) is -1.67. The van der Waals surface area contributed by atoms with E-state index in [-0.39, 0.29) is 28.6 Å². The molecule has 0 fully saturated rings. The molecule has 1 aromatic carbocycles. The Kier molecular flexibility index (Phi) is 4.95. The highest BCUT2D eigenvalue weighted by Crippen LogP contribution is 2.35. The summed E-state index contributed by atoms with van der Waals surface area (Å²) in [6.07, 6.45) is -4.58. The monoisotopic (exact) mass is 335 g/mol. The molecule has 0 radical (unpaired) electrons. The van der Waals surface area contributed by atoms with E-state index in [2.05, 4.69) is 15.9 Å². The molecule has 0 unspecified atom stereocenters. The highest BCUT2D eigenvalue weighted by molar-refractivity contribution is 9.08. The Morgan fingerprint density at radius 3 is 2.53 bits per heavy atom. The fourth-order valence-corrected chi connectivity index (χ4v) is 2.14. The fourth-order valence-electron chi connectivity index (χ4n) is 1.56. The molecule has 7 heteroatoms. The molecule has 0 atom stereocenters. The van der Waals surface area contributed by atoms with E-state index in [0.717, 1.165) is 12.1 Å². The number of carbonyl (C=O) groups excluding carboxylic acids is 1. The lowest BCUT2D eigenvalue weighted by Gasteiger charge is -2.14. The average Bonchev–Trinajstić information content (AvgIpc) is 2.35. The molecule has 0 aliphatic carbocycles. The second-order valence-electron chi connectivity index (χ2n) is 3.48. The lowest BCUT2D eigenvalue weighted by molar-refractivity contribution is -0.138. The van der Waals surface area contributed by atoms with Crippen LogP contribution in [0.3, 0.4) is 0 Å². The summed E-state index contributed by atoms with van der Waals surface area (Å²) < 4.78 is 43.1. The minimum absolute atomic E-state index is 0.0777. The number of nitrogens with zero attached hydrogens (tertiary/aromatic N) is 1. The van der Waals surface area contributed by atoms with Crippen molar-refractivity contribution in [3.05, 3.63) is 34.4 Å². The molecule has 19 heavy (non-hydrogen) atoms. The van der Waals surface area contributed by atoms with Crippen molar-refractivity contribution in [3.8, 4) is 6.07 Å². The van der Waals surface area contributed by atoms with Gasteiger partial charge in [-0.1, -0.05) is 15.9 Å². The van der Waals surface area contributed by atoms with Crippen molar-refractivity contribution in [1.82, 2.24) is 0 Å². The predicted molar refractivity (Wildman–Crippen MR) is 64.7 cm³/mol. The Hall–Kier alpha value is -1.55. The third-order valence-electron chi connectivity index (χ3n) is 2.36. The van der Waals surface area contributed by atoms with Crippen molar-refractivity contribution in [2.75, 3.05) is 6.61 Å². The van der Waals surface area contributed by atoms with Gasteiger partial charge in [-0.05, 0) is 24.6 Å². The van der Waals surface area contributed by atoms with E-state index in [1.807, 2.05) is 0 Å². The normalized spacial score (nSPS) is 10.9. The van der Waals surface area contributed by atoms with Crippen LogP contribution in [0.2, 0.25) is 0 Å². The minimum Gasteiger partial charge on any atom is -0.462 e. The molecule has 0 aliphatic heterocycles. The largest absolute Gasteiger partial charge is 0.462 e. The van der Waals surface area contributed by atoms with Gasteiger partial charge in [0.2, 0.25) is 0 Å². The molecular formula is C12H9BrF3NO2. The summed E-state index contributed by atoms with van der Waals surface area (Å²) in [5, 5.41) is 8.81. The molecule has 0 aromatic heterocycles. The molecule has 0 saturated heterocycles. The third kappa shape index (κ3) is 3.26. The van der Waals surface area contributed by atoms with E-state index >= 15 is 0 Å². The van der Waals surface area contributed by atoms with E-state index < -0.39 is 17.7 Å². The Labute approximate surface area is 116 Å². The number of nitriles is 1. The van der Waals surface area contributed by atoms with E-state index in [1.165, 1.54) is 0 Å². The first-order valence-electron chi connectivity index (χ1n) is 5.23. The van der Waals surface area contributed by atoms with Gasteiger partial charge in [-0.25, -0.2) is 4.79 Å². The number of carbonyl (C=O) groups is 1. The Morgan fingerprint density at radius 2 is 2.11 bits per heavy atom. The van der Waals surface area contributed by atoms with Crippen molar-refractivity contribution in [2.24, 2.45) is 0 Å². The van der Waals surface area contributed by atoms with Crippen LogP contribution in [0.15, 0.2) is 12.1 Å². The van der Waals surface area contributed by atoms with Gasteiger partial charge in [-0.15, -0.1) is 0 Å². The van der Waals surface area contributed by atoms with Crippen LogP contribution in [0.5, 0.6) is 0 Å². The van der Waals surface area contributed by atoms with Gasteiger partial charge in [0.15, 0.2) is 0 Å². The summed E-state index contributed by atoms with van der Waals surface area (Å²) in [5.74, 6) is -0.810. The van der Waals surface area contributed by atoms with Crippen molar-refractivity contribution >= 4 is 21.9 Å². The molecule has 0 saturated carbocycles.